The zero-order valence-corrected chi connectivity index (χ0v) is 19.8. The largest absolute Gasteiger partial charge is 0.314 e. The van der Waals surface area contributed by atoms with E-state index in [1.807, 2.05) is 0 Å². The molecule has 0 radical (unpaired) electrons. The number of benzene rings is 2. The number of rotatable bonds is 2. The standard InChI is InChI=1S/C30H39N/c1-18-16-25-19(2)20-14-9-15-31-27(20)17-26(25)28(18)30(3,4)29-23-12-7-5-10-21(23)22-11-6-8-13-24(22)29/h5-8,10-13,18-20,25-29,31H,9,14-17H2,1-4H3. The summed E-state index contributed by atoms with van der Waals surface area (Å²) in [6.45, 7) is 11.7. The summed E-state index contributed by atoms with van der Waals surface area (Å²) in [5.41, 5.74) is 6.35. The first-order chi connectivity index (χ1) is 15.0. The van der Waals surface area contributed by atoms with Crippen molar-refractivity contribution in [3.63, 3.8) is 0 Å². The molecular formula is C30H39N. The van der Waals surface area contributed by atoms with E-state index in [0.29, 0.717) is 5.92 Å². The lowest BCUT2D eigenvalue weighted by Gasteiger charge is -2.51. The molecule has 164 valence electrons. The molecule has 1 heteroatoms. The number of hydrogen-bond donors (Lipinski definition) is 1. The zero-order valence-electron chi connectivity index (χ0n) is 19.8. The molecule has 3 fully saturated rings. The molecule has 31 heavy (non-hydrogen) atoms. The Morgan fingerprint density at radius 1 is 0.806 bits per heavy atom. The van der Waals surface area contributed by atoms with Crippen LogP contribution in [0.25, 0.3) is 11.1 Å². The summed E-state index contributed by atoms with van der Waals surface area (Å²) in [7, 11) is 0. The number of fused-ring (bicyclic) bond motifs is 5. The van der Waals surface area contributed by atoms with Gasteiger partial charge in [-0.2, -0.15) is 0 Å². The van der Waals surface area contributed by atoms with Crippen LogP contribution in [0.3, 0.4) is 0 Å². The van der Waals surface area contributed by atoms with Crippen molar-refractivity contribution in [1.29, 1.82) is 0 Å². The van der Waals surface area contributed by atoms with Gasteiger partial charge in [0.05, 0.1) is 0 Å². The van der Waals surface area contributed by atoms with Crippen LogP contribution in [0.2, 0.25) is 0 Å². The maximum Gasteiger partial charge on any atom is 0.0156 e. The van der Waals surface area contributed by atoms with Gasteiger partial charge in [-0.1, -0.05) is 76.2 Å². The van der Waals surface area contributed by atoms with Crippen LogP contribution in [0.15, 0.2) is 48.5 Å². The van der Waals surface area contributed by atoms with E-state index in [0.717, 1.165) is 41.5 Å². The smallest absolute Gasteiger partial charge is 0.0156 e. The molecular weight excluding hydrogens is 374 g/mol. The molecule has 0 spiro atoms. The highest BCUT2D eigenvalue weighted by molar-refractivity contribution is 5.79. The van der Waals surface area contributed by atoms with Crippen molar-refractivity contribution in [3.8, 4) is 11.1 Å². The van der Waals surface area contributed by atoms with Crippen LogP contribution in [0.1, 0.15) is 70.4 Å². The van der Waals surface area contributed by atoms with E-state index in [1.165, 1.54) is 43.4 Å². The van der Waals surface area contributed by atoms with Gasteiger partial charge >= 0.3 is 0 Å². The lowest BCUT2D eigenvalue weighted by molar-refractivity contribution is 0.0141. The Bertz CT molecular complexity index is 928. The number of nitrogens with one attached hydrogen (secondary N) is 1. The van der Waals surface area contributed by atoms with Crippen molar-refractivity contribution in [1.82, 2.24) is 5.32 Å². The monoisotopic (exact) mass is 413 g/mol. The minimum absolute atomic E-state index is 0.253. The summed E-state index contributed by atoms with van der Waals surface area (Å²) in [5.74, 6) is 5.69. The fraction of sp³-hybridized carbons (Fsp3) is 0.600. The quantitative estimate of drug-likeness (QED) is 0.552. The highest BCUT2D eigenvalue weighted by Crippen LogP contribution is 2.64. The molecule has 1 heterocycles. The highest BCUT2D eigenvalue weighted by Gasteiger charge is 2.57. The van der Waals surface area contributed by atoms with Crippen molar-refractivity contribution in [2.24, 2.45) is 40.9 Å². The Balaban J connectivity index is 1.41. The third kappa shape index (κ3) is 2.85. The van der Waals surface area contributed by atoms with Gasteiger partial charge in [-0.15, -0.1) is 0 Å². The fourth-order valence-corrected chi connectivity index (χ4v) is 9.28. The summed E-state index contributed by atoms with van der Waals surface area (Å²) < 4.78 is 0. The van der Waals surface area contributed by atoms with Crippen molar-refractivity contribution < 1.29 is 0 Å². The molecule has 1 nitrogen and oxygen atoms in total. The maximum absolute atomic E-state index is 3.95. The second-order valence-electron chi connectivity index (χ2n) is 12.0. The first kappa shape index (κ1) is 20.0. The van der Waals surface area contributed by atoms with E-state index in [2.05, 4.69) is 81.5 Å². The molecule has 4 aliphatic rings. The summed E-state index contributed by atoms with van der Waals surface area (Å²) >= 11 is 0. The van der Waals surface area contributed by atoms with Gasteiger partial charge in [0, 0.05) is 12.0 Å². The van der Waals surface area contributed by atoms with Crippen LogP contribution < -0.4 is 5.32 Å². The molecule has 6 rings (SSSR count). The second-order valence-corrected chi connectivity index (χ2v) is 12.0. The molecule has 3 aliphatic carbocycles. The summed E-state index contributed by atoms with van der Waals surface area (Å²) in [6, 6.07) is 19.3. The Morgan fingerprint density at radius 3 is 2.13 bits per heavy atom. The molecule has 2 aromatic carbocycles. The van der Waals surface area contributed by atoms with Gasteiger partial charge in [-0.3, -0.25) is 0 Å². The molecule has 1 saturated heterocycles. The van der Waals surface area contributed by atoms with Crippen molar-refractivity contribution in [2.45, 2.75) is 65.3 Å². The summed E-state index contributed by atoms with van der Waals surface area (Å²) in [6.07, 6.45) is 5.68. The van der Waals surface area contributed by atoms with Gasteiger partial charge < -0.3 is 5.32 Å². The predicted molar refractivity (Wildman–Crippen MR) is 130 cm³/mol. The SMILES string of the molecule is CC1CC2C(C)C3CCCNC3CC2C1C(C)(C)C1c2ccccc2-c2ccccc21. The Hall–Kier alpha value is -1.60. The minimum Gasteiger partial charge on any atom is -0.314 e. The van der Waals surface area contributed by atoms with Crippen molar-refractivity contribution in [3.05, 3.63) is 59.7 Å². The van der Waals surface area contributed by atoms with Crippen molar-refractivity contribution in [2.75, 3.05) is 6.54 Å². The third-order valence-electron chi connectivity index (χ3n) is 10.2. The summed E-state index contributed by atoms with van der Waals surface area (Å²) in [5, 5.41) is 3.95. The Labute approximate surface area is 189 Å². The van der Waals surface area contributed by atoms with Gasteiger partial charge in [0.1, 0.15) is 0 Å². The Morgan fingerprint density at radius 2 is 1.45 bits per heavy atom. The molecule has 7 atom stereocenters. The zero-order chi connectivity index (χ0) is 21.3. The molecule has 0 amide bonds. The molecule has 7 unspecified atom stereocenters. The summed E-state index contributed by atoms with van der Waals surface area (Å²) in [4.78, 5) is 0. The minimum atomic E-state index is 0.253. The van der Waals surface area contributed by atoms with E-state index < -0.39 is 0 Å². The maximum atomic E-state index is 3.95. The van der Waals surface area contributed by atoms with E-state index in [-0.39, 0.29) is 5.41 Å². The van der Waals surface area contributed by atoms with E-state index in [1.54, 1.807) is 11.1 Å². The van der Waals surface area contributed by atoms with Gasteiger partial charge in [-0.25, -0.2) is 0 Å². The topological polar surface area (TPSA) is 12.0 Å². The van der Waals surface area contributed by atoms with E-state index >= 15 is 0 Å². The predicted octanol–water partition coefficient (Wildman–Crippen LogP) is 7.12. The Kier molecular flexibility index (Phi) is 4.66. The fourth-order valence-electron chi connectivity index (χ4n) is 9.28. The lowest BCUT2D eigenvalue weighted by atomic mass is 9.56. The number of hydrogen-bond acceptors (Lipinski definition) is 1. The average Bonchev–Trinajstić information content (AvgIpc) is 3.29. The normalized spacial score (nSPS) is 37.1. The van der Waals surface area contributed by atoms with Crippen LogP contribution in [0.4, 0.5) is 0 Å². The van der Waals surface area contributed by atoms with Crippen LogP contribution in [-0.4, -0.2) is 12.6 Å². The van der Waals surface area contributed by atoms with Crippen LogP contribution in [0, 0.1) is 40.9 Å². The second kappa shape index (κ2) is 7.20. The molecule has 1 aliphatic heterocycles. The molecule has 0 bridgehead atoms. The first-order valence-corrected chi connectivity index (χ1v) is 12.9. The molecule has 2 aromatic rings. The highest BCUT2D eigenvalue weighted by atomic mass is 14.9. The number of piperidine rings is 1. The molecule has 2 saturated carbocycles. The molecule has 1 N–H and O–H groups in total. The van der Waals surface area contributed by atoms with Crippen LogP contribution >= 0.6 is 0 Å². The van der Waals surface area contributed by atoms with Crippen LogP contribution in [0.5, 0.6) is 0 Å². The van der Waals surface area contributed by atoms with Gasteiger partial charge in [0.25, 0.3) is 0 Å². The third-order valence-corrected chi connectivity index (χ3v) is 10.2. The molecule has 0 aromatic heterocycles. The van der Waals surface area contributed by atoms with Gasteiger partial charge in [-0.05, 0) is 95.4 Å². The first-order valence-electron chi connectivity index (χ1n) is 12.9. The van der Waals surface area contributed by atoms with Gasteiger partial charge in [0.2, 0.25) is 0 Å². The lowest BCUT2D eigenvalue weighted by Crippen LogP contribution is -2.52. The van der Waals surface area contributed by atoms with E-state index in [9.17, 15) is 0 Å². The van der Waals surface area contributed by atoms with Crippen molar-refractivity contribution >= 4 is 0 Å². The van der Waals surface area contributed by atoms with Gasteiger partial charge in [0.15, 0.2) is 0 Å². The van der Waals surface area contributed by atoms with Crippen LogP contribution in [-0.2, 0) is 0 Å². The average molecular weight is 414 g/mol. The van der Waals surface area contributed by atoms with E-state index in [4.69, 9.17) is 0 Å².